The molecule has 0 heterocycles. The van der Waals surface area contributed by atoms with E-state index in [1.165, 1.54) is 11.6 Å². The highest BCUT2D eigenvalue weighted by molar-refractivity contribution is 14.0. The predicted octanol–water partition coefficient (Wildman–Crippen LogP) is 3.95. The van der Waals surface area contributed by atoms with E-state index in [0.29, 0.717) is 12.5 Å². The first-order valence-corrected chi connectivity index (χ1v) is 7.09. The molecule has 23 heavy (non-hydrogen) atoms. The Morgan fingerprint density at radius 3 is 2.52 bits per heavy atom. The summed E-state index contributed by atoms with van der Waals surface area (Å²) in [6, 6.07) is 14.1. The number of nitrogens with two attached hydrogens (primary N) is 1. The third-order valence-electron chi connectivity index (χ3n) is 3.01. The molecule has 1 atom stereocenters. The van der Waals surface area contributed by atoms with Crippen LogP contribution in [0, 0.1) is 12.7 Å². The van der Waals surface area contributed by atoms with E-state index in [4.69, 9.17) is 10.5 Å². The van der Waals surface area contributed by atoms with Gasteiger partial charge in [0.2, 0.25) is 0 Å². The van der Waals surface area contributed by atoms with E-state index in [2.05, 4.69) is 10.3 Å². The Balaban J connectivity index is 0.00000264. The summed E-state index contributed by atoms with van der Waals surface area (Å²) in [5.74, 6) is 0.132. The average Bonchev–Trinajstić information content (AvgIpc) is 2.50. The first-order valence-electron chi connectivity index (χ1n) is 7.09. The van der Waals surface area contributed by atoms with Crippen molar-refractivity contribution < 1.29 is 9.13 Å². The van der Waals surface area contributed by atoms with Crippen LogP contribution in [0.3, 0.4) is 0 Å². The second-order valence-corrected chi connectivity index (χ2v) is 5.08. The molecule has 0 aliphatic carbocycles. The summed E-state index contributed by atoms with van der Waals surface area (Å²) in [6.45, 7) is 4.16. The van der Waals surface area contributed by atoms with Gasteiger partial charge in [-0.25, -0.2) is 9.38 Å². The molecule has 6 heteroatoms. The van der Waals surface area contributed by atoms with Crippen LogP contribution in [0.1, 0.15) is 12.5 Å². The zero-order chi connectivity index (χ0) is 15.9. The molecule has 2 rings (SSSR count). The summed E-state index contributed by atoms with van der Waals surface area (Å²) < 4.78 is 19.0. The monoisotopic (exact) mass is 429 g/mol. The van der Waals surface area contributed by atoms with E-state index in [-0.39, 0.29) is 41.6 Å². The maximum absolute atomic E-state index is 13.5. The summed E-state index contributed by atoms with van der Waals surface area (Å²) in [4.78, 5) is 4.20. The number of para-hydroxylation sites is 1. The van der Waals surface area contributed by atoms with Gasteiger partial charge in [0.25, 0.3) is 0 Å². The Labute approximate surface area is 153 Å². The number of halogens is 2. The molecule has 124 valence electrons. The van der Waals surface area contributed by atoms with Crippen molar-refractivity contribution in [2.45, 2.75) is 20.0 Å². The molecule has 1 unspecified atom stereocenters. The summed E-state index contributed by atoms with van der Waals surface area (Å²) >= 11 is 0. The van der Waals surface area contributed by atoms with Crippen molar-refractivity contribution in [3.05, 3.63) is 59.9 Å². The van der Waals surface area contributed by atoms with Crippen LogP contribution in [-0.4, -0.2) is 18.6 Å². The van der Waals surface area contributed by atoms with Gasteiger partial charge in [0.1, 0.15) is 6.10 Å². The van der Waals surface area contributed by atoms with Gasteiger partial charge in [0.05, 0.1) is 6.54 Å². The van der Waals surface area contributed by atoms with Crippen LogP contribution >= 0.6 is 24.0 Å². The Hall–Kier alpha value is -1.83. The van der Waals surface area contributed by atoms with E-state index >= 15 is 0 Å². The molecule has 0 saturated heterocycles. The third kappa shape index (κ3) is 6.43. The Kier molecular flexibility index (Phi) is 7.80. The predicted molar refractivity (Wildman–Crippen MR) is 103 cm³/mol. The average molecular weight is 429 g/mol. The normalized spacial score (nSPS) is 12.2. The molecule has 2 aromatic carbocycles. The Bertz CT molecular complexity index is 647. The summed E-state index contributed by atoms with van der Waals surface area (Å²) in [5.41, 5.74) is 7.87. The minimum absolute atomic E-state index is 0. The number of aliphatic imine (C=N–C) groups is 1. The van der Waals surface area contributed by atoms with Crippen molar-refractivity contribution >= 4 is 35.6 Å². The van der Waals surface area contributed by atoms with Crippen LogP contribution in [-0.2, 0) is 0 Å². The van der Waals surface area contributed by atoms with Crippen LogP contribution in [0.15, 0.2) is 53.5 Å². The lowest BCUT2D eigenvalue weighted by atomic mass is 10.2. The summed E-state index contributed by atoms with van der Waals surface area (Å²) in [5, 5.41) is 3.00. The van der Waals surface area contributed by atoms with Gasteiger partial charge in [-0.3, -0.25) is 0 Å². The molecule has 0 spiro atoms. The Morgan fingerprint density at radius 2 is 1.87 bits per heavy atom. The van der Waals surface area contributed by atoms with Gasteiger partial charge < -0.3 is 15.8 Å². The molecule has 0 fully saturated rings. The number of aryl methyl sites for hydroxylation is 1. The lowest BCUT2D eigenvalue weighted by Gasteiger charge is -2.13. The first-order chi connectivity index (χ1) is 10.5. The van der Waals surface area contributed by atoms with Crippen LogP contribution in [0.25, 0.3) is 0 Å². The topological polar surface area (TPSA) is 59.6 Å². The van der Waals surface area contributed by atoms with Gasteiger partial charge in [-0.15, -0.1) is 24.0 Å². The number of nitrogens with one attached hydrogen (secondary N) is 1. The highest BCUT2D eigenvalue weighted by Gasteiger charge is 2.07. The zero-order valence-corrected chi connectivity index (χ0v) is 15.5. The van der Waals surface area contributed by atoms with Crippen molar-refractivity contribution in [1.29, 1.82) is 0 Å². The van der Waals surface area contributed by atoms with Crippen molar-refractivity contribution in [2.75, 3.05) is 11.9 Å². The molecule has 0 aliphatic heterocycles. The zero-order valence-electron chi connectivity index (χ0n) is 13.1. The van der Waals surface area contributed by atoms with Crippen LogP contribution in [0.5, 0.6) is 5.75 Å². The van der Waals surface area contributed by atoms with Crippen molar-refractivity contribution in [2.24, 2.45) is 10.7 Å². The molecule has 0 aliphatic rings. The second kappa shape index (κ2) is 9.34. The summed E-state index contributed by atoms with van der Waals surface area (Å²) in [7, 11) is 0. The maximum atomic E-state index is 13.5. The molecule has 0 bridgehead atoms. The number of hydrogen-bond acceptors (Lipinski definition) is 2. The van der Waals surface area contributed by atoms with Crippen molar-refractivity contribution in [3.63, 3.8) is 0 Å². The molecule has 0 aromatic heterocycles. The quantitative estimate of drug-likeness (QED) is 0.430. The van der Waals surface area contributed by atoms with Gasteiger partial charge >= 0.3 is 0 Å². The fraction of sp³-hybridized carbons (Fsp3) is 0.235. The standard InChI is InChI=1S/C17H20FN3O.HI/c1-12-7-9-14(10-8-12)21-17(19)20-11-13(2)22-16-6-4-3-5-15(16)18;/h3-10,13H,11H2,1-2H3,(H3,19,20,21);1H. The molecule has 2 aromatic rings. The lowest BCUT2D eigenvalue weighted by Crippen LogP contribution is -2.25. The van der Waals surface area contributed by atoms with Gasteiger partial charge in [-0.2, -0.15) is 0 Å². The minimum Gasteiger partial charge on any atom is -0.486 e. The van der Waals surface area contributed by atoms with E-state index in [9.17, 15) is 4.39 Å². The molecule has 0 amide bonds. The van der Waals surface area contributed by atoms with Gasteiger partial charge in [0, 0.05) is 5.69 Å². The van der Waals surface area contributed by atoms with Crippen molar-refractivity contribution in [1.82, 2.24) is 0 Å². The molecule has 0 saturated carbocycles. The second-order valence-electron chi connectivity index (χ2n) is 5.08. The van der Waals surface area contributed by atoms with Gasteiger partial charge in [-0.1, -0.05) is 29.8 Å². The third-order valence-corrected chi connectivity index (χ3v) is 3.01. The number of benzene rings is 2. The van der Waals surface area contributed by atoms with Crippen LogP contribution in [0.2, 0.25) is 0 Å². The molecule has 0 radical (unpaired) electrons. The van der Waals surface area contributed by atoms with Crippen molar-refractivity contribution in [3.8, 4) is 5.75 Å². The molecular formula is C17H21FIN3O. The number of guanidine groups is 1. The van der Waals surface area contributed by atoms with Gasteiger partial charge in [-0.05, 0) is 38.1 Å². The Morgan fingerprint density at radius 1 is 1.22 bits per heavy atom. The number of anilines is 1. The van der Waals surface area contributed by atoms with Crippen LogP contribution in [0.4, 0.5) is 10.1 Å². The molecular weight excluding hydrogens is 408 g/mol. The number of rotatable bonds is 5. The van der Waals surface area contributed by atoms with E-state index in [0.717, 1.165) is 5.69 Å². The van der Waals surface area contributed by atoms with E-state index < -0.39 is 0 Å². The molecule has 4 nitrogen and oxygen atoms in total. The number of ether oxygens (including phenoxy) is 1. The fourth-order valence-electron chi connectivity index (χ4n) is 1.85. The minimum atomic E-state index is -0.385. The fourth-order valence-corrected chi connectivity index (χ4v) is 1.85. The van der Waals surface area contributed by atoms with E-state index in [1.807, 2.05) is 38.1 Å². The highest BCUT2D eigenvalue weighted by Crippen LogP contribution is 2.17. The highest BCUT2D eigenvalue weighted by atomic mass is 127. The smallest absolute Gasteiger partial charge is 0.193 e. The SMILES string of the molecule is Cc1ccc(NC(N)=NCC(C)Oc2ccccc2F)cc1.I. The lowest BCUT2D eigenvalue weighted by molar-refractivity contribution is 0.220. The molecule has 3 N–H and O–H groups in total. The largest absolute Gasteiger partial charge is 0.486 e. The maximum Gasteiger partial charge on any atom is 0.193 e. The summed E-state index contributed by atoms with van der Waals surface area (Å²) in [6.07, 6.45) is -0.282. The van der Waals surface area contributed by atoms with Crippen LogP contribution < -0.4 is 15.8 Å². The van der Waals surface area contributed by atoms with E-state index in [1.54, 1.807) is 18.2 Å². The number of nitrogens with zero attached hydrogens (tertiary/aromatic N) is 1. The first kappa shape index (κ1) is 19.2. The van der Waals surface area contributed by atoms with Gasteiger partial charge in [0.15, 0.2) is 17.5 Å². The number of hydrogen-bond donors (Lipinski definition) is 2.